The van der Waals surface area contributed by atoms with Crippen molar-refractivity contribution < 1.29 is 14.2 Å². The molecule has 0 atom stereocenters. The van der Waals surface area contributed by atoms with Gasteiger partial charge in [0.05, 0.1) is 44.8 Å². The Kier molecular flexibility index (Phi) is 6.58. The third-order valence-electron chi connectivity index (χ3n) is 5.34. The van der Waals surface area contributed by atoms with E-state index in [1.807, 2.05) is 27.6 Å². The molecule has 0 aliphatic rings. The summed E-state index contributed by atoms with van der Waals surface area (Å²) in [5.74, 6) is 4.36. The fraction of sp³-hybridized carbons (Fsp3) is 0.417. The normalized spacial score (nSPS) is 11.4. The molecule has 4 rings (SSSR count). The molecule has 3 heterocycles. The van der Waals surface area contributed by atoms with Crippen LogP contribution in [0.25, 0.3) is 16.7 Å². The molecule has 3 aromatic heterocycles. The molecule has 0 amide bonds. The van der Waals surface area contributed by atoms with E-state index in [4.69, 9.17) is 24.2 Å². The topological polar surface area (TPSA) is 101 Å². The van der Waals surface area contributed by atoms with Crippen LogP contribution in [0.1, 0.15) is 39.4 Å². The van der Waals surface area contributed by atoms with E-state index in [1.165, 1.54) is 0 Å². The van der Waals surface area contributed by atoms with Gasteiger partial charge in [-0.3, -0.25) is 0 Å². The lowest BCUT2D eigenvalue weighted by Crippen LogP contribution is -2.09. The highest BCUT2D eigenvalue weighted by Crippen LogP contribution is 2.39. The summed E-state index contributed by atoms with van der Waals surface area (Å²) in [7, 11) is 4.76. The van der Waals surface area contributed by atoms with Crippen molar-refractivity contribution in [2.75, 3.05) is 26.6 Å². The van der Waals surface area contributed by atoms with Gasteiger partial charge in [0.1, 0.15) is 23.8 Å². The highest BCUT2D eigenvalue weighted by Gasteiger charge is 2.18. The molecule has 180 valence electrons. The van der Waals surface area contributed by atoms with Crippen LogP contribution in [0.2, 0.25) is 0 Å². The number of anilines is 2. The zero-order valence-corrected chi connectivity index (χ0v) is 20.7. The maximum atomic E-state index is 5.48. The summed E-state index contributed by atoms with van der Waals surface area (Å²) in [6.07, 6.45) is 5.40. The summed E-state index contributed by atoms with van der Waals surface area (Å²) in [6, 6.07) is 3.73. The molecule has 1 N–H and O–H groups in total. The summed E-state index contributed by atoms with van der Waals surface area (Å²) in [4.78, 5) is 14.1. The van der Waals surface area contributed by atoms with E-state index in [2.05, 4.69) is 43.1 Å². The van der Waals surface area contributed by atoms with Gasteiger partial charge >= 0.3 is 0 Å². The zero-order chi connectivity index (χ0) is 24.4. The van der Waals surface area contributed by atoms with Crippen molar-refractivity contribution in [1.82, 2.24) is 29.3 Å². The molecule has 34 heavy (non-hydrogen) atoms. The monoisotopic (exact) mass is 465 g/mol. The average Bonchev–Trinajstić information content (AvgIpc) is 3.45. The van der Waals surface area contributed by atoms with Crippen molar-refractivity contribution in [2.45, 2.75) is 40.2 Å². The Morgan fingerprint density at radius 2 is 1.68 bits per heavy atom. The van der Waals surface area contributed by atoms with Gasteiger partial charge in [-0.2, -0.15) is 5.10 Å². The molecule has 4 aromatic rings. The van der Waals surface area contributed by atoms with E-state index in [0.29, 0.717) is 34.8 Å². The van der Waals surface area contributed by atoms with Crippen LogP contribution >= 0.6 is 0 Å². The number of imidazole rings is 1. The fourth-order valence-corrected chi connectivity index (χ4v) is 3.67. The molecule has 1 aromatic carbocycles. The Hall–Kier alpha value is -3.82. The fourth-order valence-electron chi connectivity index (χ4n) is 3.67. The lowest BCUT2D eigenvalue weighted by atomic mass is 10.2. The van der Waals surface area contributed by atoms with Gasteiger partial charge in [-0.05, 0) is 5.92 Å². The standard InChI is InChI=1S/C24H31N7O3/c1-14(2)11-31-24-17(10-26-31)23(28-22(29-24)15(3)4)27-20-12-30(13-25-20)16-8-18(32-5)21(34-7)19(9-16)33-6/h8-10,12-15H,11H2,1-7H3,(H,27,28,29). The second-order valence-corrected chi connectivity index (χ2v) is 8.72. The molecule has 0 aliphatic heterocycles. The number of nitrogens with one attached hydrogen (secondary N) is 1. The Morgan fingerprint density at radius 3 is 2.26 bits per heavy atom. The summed E-state index contributed by atoms with van der Waals surface area (Å²) in [5.41, 5.74) is 1.63. The number of methoxy groups -OCH3 is 3. The molecule has 0 aliphatic carbocycles. The largest absolute Gasteiger partial charge is 0.493 e. The number of hydrogen-bond acceptors (Lipinski definition) is 8. The van der Waals surface area contributed by atoms with Gasteiger partial charge in [0.25, 0.3) is 0 Å². The average molecular weight is 466 g/mol. The minimum Gasteiger partial charge on any atom is -0.493 e. The second kappa shape index (κ2) is 9.58. The molecule has 0 bridgehead atoms. The van der Waals surface area contributed by atoms with Gasteiger partial charge in [0, 0.05) is 24.6 Å². The predicted molar refractivity (Wildman–Crippen MR) is 131 cm³/mol. The van der Waals surface area contributed by atoms with Crippen molar-refractivity contribution in [3.63, 3.8) is 0 Å². The van der Waals surface area contributed by atoms with E-state index in [0.717, 1.165) is 29.1 Å². The number of hydrogen-bond donors (Lipinski definition) is 1. The maximum Gasteiger partial charge on any atom is 0.203 e. The summed E-state index contributed by atoms with van der Waals surface area (Å²) in [5, 5.41) is 8.76. The van der Waals surface area contributed by atoms with Crippen molar-refractivity contribution in [1.29, 1.82) is 0 Å². The third-order valence-corrected chi connectivity index (χ3v) is 5.34. The number of benzene rings is 1. The van der Waals surface area contributed by atoms with Crippen molar-refractivity contribution >= 4 is 22.7 Å². The molecule has 0 saturated heterocycles. The van der Waals surface area contributed by atoms with Crippen LogP contribution in [0.4, 0.5) is 11.6 Å². The molecule has 10 heteroatoms. The van der Waals surface area contributed by atoms with Gasteiger partial charge in [0.2, 0.25) is 5.75 Å². The molecular weight excluding hydrogens is 434 g/mol. The first-order valence-electron chi connectivity index (χ1n) is 11.2. The van der Waals surface area contributed by atoms with Crippen LogP contribution in [0.5, 0.6) is 17.2 Å². The number of nitrogens with zero attached hydrogens (tertiary/aromatic N) is 6. The highest BCUT2D eigenvalue weighted by molar-refractivity contribution is 5.88. The zero-order valence-electron chi connectivity index (χ0n) is 20.7. The van der Waals surface area contributed by atoms with E-state index in [1.54, 1.807) is 33.9 Å². The van der Waals surface area contributed by atoms with Crippen molar-refractivity contribution in [3.05, 3.63) is 36.7 Å². The summed E-state index contributed by atoms with van der Waals surface area (Å²) >= 11 is 0. The Balaban J connectivity index is 1.71. The second-order valence-electron chi connectivity index (χ2n) is 8.72. The van der Waals surface area contributed by atoms with Crippen LogP contribution in [0.3, 0.4) is 0 Å². The first-order chi connectivity index (χ1) is 16.3. The Morgan fingerprint density at radius 1 is 0.971 bits per heavy atom. The van der Waals surface area contributed by atoms with Crippen LogP contribution in [0, 0.1) is 5.92 Å². The molecule has 0 spiro atoms. The summed E-state index contributed by atoms with van der Waals surface area (Å²) in [6.45, 7) is 9.26. The predicted octanol–water partition coefficient (Wildman–Crippen LogP) is 4.56. The molecule has 0 unspecified atom stereocenters. The highest BCUT2D eigenvalue weighted by atomic mass is 16.5. The van der Waals surface area contributed by atoms with Crippen LogP contribution < -0.4 is 19.5 Å². The van der Waals surface area contributed by atoms with E-state index < -0.39 is 0 Å². The first-order valence-corrected chi connectivity index (χ1v) is 11.2. The van der Waals surface area contributed by atoms with Crippen LogP contribution in [-0.2, 0) is 6.54 Å². The van der Waals surface area contributed by atoms with Crippen molar-refractivity contribution in [2.24, 2.45) is 5.92 Å². The van der Waals surface area contributed by atoms with E-state index >= 15 is 0 Å². The van der Waals surface area contributed by atoms with E-state index in [-0.39, 0.29) is 5.92 Å². The quantitative estimate of drug-likeness (QED) is 0.384. The Bertz CT molecular complexity index is 1270. The third kappa shape index (κ3) is 4.48. The van der Waals surface area contributed by atoms with Crippen LogP contribution in [-0.4, -0.2) is 50.6 Å². The number of fused-ring (bicyclic) bond motifs is 1. The summed E-state index contributed by atoms with van der Waals surface area (Å²) < 4.78 is 20.2. The smallest absolute Gasteiger partial charge is 0.203 e. The van der Waals surface area contributed by atoms with Gasteiger partial charge in [-0.1, -0.05) is 27.7 Å². The van der Waals surface area contributed by atoms with Crippen molar-refractivity contribution in [3.8, 4) is 22.9 Å². The minimum atomic E-state index is 0.170. The maximum absolute atomic E-state index is 5.48. The van der Waals surface area contributed by atoms with Gasteiger partial charge < -0.3 is 24.1 Å². The lowest BCUT2D eigenvalue weighted by molar-refractivity contribution is 0.324. The van der Waals surface area contributed by atoms with Gasteiger partial charge in [0.15, 0.2) is 17.1 Å². The minimum absolute atomic E-state index is 0.170. The SMILES string of the molecule is COc1cc(-n2cnc(Nc3nc(C(C)C)nc4c3cnn4CC(C)C)c2)cc(OC)c1OC. The Labute approximate surface area is 198 Å². The van der Waals surface area contributed by atoms with Gasteiger partial charge in [-0.25, -0.2) is 19.6 Å². The number of ether oxygens (including phenoxy) is 3. The number of aromatic nitrogens is 6. The molecule has 10 nitrogen and oxygen atoms in total. The molecule has 0 fully saturated rings. The van der Waals surface area contributed by atoms with Crippen LogP contribution in [0.15, 0.2) is 30.9 Å². The van der Waals surface area contributed by atoms with Gasteiger partial charge in [-0.15, -0.1) is 0 Å². The molecule has 0 saturated carbocycles. The molecule has 0 radical (unpaired) electrons. The lowest BCUT2D eigenvalue weighted by Gasteiger charge is -2.14. The first kappa shape index (κ1) is 23.3. The van der Waals surface area contributed by atoms with E-state index in [9.17, 15) is 0 Å². The number of rotatable bonds is 9. The molecular formula is C24H31N7O3.